The largest absolute Gasteiger partial charge is 0.463 e. The maximum absolute atomic E-state index is 12.7. The summed E-state index contributed by atoms with van der Waals surface area (Å²) in [5, 5.41) is 9.48. The summed E-state index contributed by atoms with van der Waals surface area (Å²) >= 11 is 5.43. The number of urea groups is 1. The van der Waals surface area contributed by atoms with Gasteiger partial charge in [0.2, 0.25) is 0 Å². The number of carbonyl (C=O) groups excluding carboxylic acids is 2. The molecule has 7 nitrogen and oxygen atoms in total. The number of nitrogens with zero attached hydrogens (tertiary/aromatic N) is 1. The Kier molecular flexibility index (Phi) is 7.48. The molecule has 1 unspecified atom stereocenters. The van der Waals surface area contributed by atoms with Crippen molar-refractivity contribution >= 4 is 40.7 Å². The van der Waals surface area contributed by atoms with E-state index in [1.165, 1.54) is 0 Å². The highest BCUT2D eigenvalue weighted by Crippen LogP contribution is 2.32. The molecule has 2 aromatic carbocycles. The predicted molar refractivity (Wildman–Crippen MR) is 130 cm³/mol. The number of thiocarbonyl (C=S) groups is 1. The first-order chi connectivity index (χ1) is 15.3. The standard InChI is InChI=1S/C24H28N4O3S/c1-5-16-10-7-8-13-19(16)26-23(30)25-18-12-9-11-17(14-18)21-20(22(29)31-6-2)15(3)28(4)24(32)27-21/h7-14,21H,5-6H2,1-4H3,(H,27,32)(H2,25,26,30). The molecule has 2 amide bonds. The Morgan fingerprint density at radius 1 is 1.12 bits per heavy atom. The fraction of sp³-hybridized carbons (Fsp3) is 0.292. The Morgan fingerprint density at radius 3 is 2.59 bits per heavy atom. The molecular formula is C24H28N4O3S. The van der Waals surface area contributed by atoms with Crippen molar-refractivity contribution in [2.45, 2.75) is 33.2 Å². The van der Waals surface area contributed by atoms with Gasteiger partial charge in [-0.25, -0.2) is 9.59 Å². The van der Waals surface area contributed by atoms with E-state index in [1.54, 1.807) is 24.9 Å². The Labute approximate surface area is 193 Å². The molecule has 2 aromatic rings. The maximum Gasteiger partial charge on any atom is 0.338 e. The van der Waals surface area contributed by atoms with Crippen LogP contribution >= 0.6 is 12.2 Å². The van der Waals surface area contributed by atoms with E-state index in [0.29, 0.717) is 16.4 Å². The molecule has 168 valence electrons. The highest BCUT2D eigenvalue weighted by atomic mass is 32.1. The second kappa shape index (κ2) is 10.3. The number of allylic oxidation sites excluding steroid dienone is 1. The van der Waals surface area contributed by atoms with Gasteiger partial charge in [0.1, 0.15) is 0 Å². The number of carbonyl (C=O) groups is 2. The van der Waals surface area contributed by atoms with Gasteiger partial charge in [-0.15, -0.1) is 0 Å². The Balaban J connectivity index is 1.85. The third-order valence-corrected chi connectivity index (χ3v) is 5.77. The average molecular weight is 453 g/mol. The van der Waals surface area contributed by atoms with Crippen molar-refractivity contribution in [1.82, 2.24) is 10.2 Å². The van der Waals surface area contributed by atoms with E-state index in [0.717, 1.165) is 28.9 Å². The molecule has 0 spiro atoms. The zero-order valence-corrected chi connectivity index (χ0v) is 19.5. The SMILES string of the molecule is CCOC(=O)C1=C(C)N(C)C(=S)NC1c1cccc(NC(=O)Nc2ccccc2CC)c1. The molecule has 0 radical (unpaired) electrons. The molecule has 1 aliphatic rings. The van der Waals surface area contributed by atoms with Crippen molar-refractivity contribution in [2.75, 3.05) is 24.3 Å². The molecule has 1 atom stereocenters. The van der Waals surface area contributed by atoms with Gasteiger partial charge in [0.05, 0.1) is 18.2 Å². The van der Waals surface area contributed by atoms with Crippen LogP contribution in [0.15, 0.2) is 59.8 Å². The number of para-hydroxylation sites is 1. The predicted octanol–water partition coefficient (Wildman–Crippen LogP) is 4.59. The lowest BCUT2D eigenvalue weighted by atomic mass is 9.95. The van der Waals surface area contributed by atoms with E-state index >= 15 is 0 Å². The zero-order valence-electron chi connectivity index (χ0n) is 18.7. The number of hydrogen-bond donors (Lipinski definition) is 3. The molecule has 0 aromatic heterocycles. The Bertz CT molecular complexity index is 1070. The summed E-state index contributed by atoms with van der Waals surface area (Å²) < 4.78 is 5.28. The van der Waals surface area contributed by atoms with Crippen LogP contribution in [0.1, 0.15) is 37.9 Å². The first kappa shape index (κ1) is 23.3. The summed E-state index contributed by atoms with van der Waals surface area (Å²) in [5.41, 5.74) is 4.43. The molecule has 0 saturated heterocycles. The lowest BCUT2D eigenvalue weighted by molar-refractivity contribution is -0.139. The van der Waals surface area contributed by atoms with Crippen LogP contribution in [0.4, 0.5) is 16.2 Å². The monoisotopic (exact) mass is 452 g/mol. The maximum atomic E-state index is 12.7. The summed E-state index contributed by atoms with van der Waals surface area (Å²) in [4.78, 5) is 27.0. The quantitative estimate of drug-likeness (QED) is 0.439. The number of amides is 2. The van der Waals surface area contributed by atoms with Crippen molar-refractivity contribution in [3.05, 3.63) is 70.9 Å². The van der Waals surface area contributed by atoms with Gasteiger partial charge in [0.25, 0.3) is 0 Å². The zero-order chi connectivity index (χ0) is 23.3. The van der Waals surface area contributed by atoms with Gasteiger partial charge in [-0.05, 0) is 61.8 Å². The molecule has 3 N–H and O–H groups in total. The molecular weight excluding hydrogens is 424 g/mol. The van der Waals surface area contributed by atoms with Gasteiger partial charge in [-0.1, -0.05) is 37.3 Å². The van der Waals surface area contributed by atoms with Crippen molar-refractivity contribution in [3.63, 3.8) is 0 Å². The van der Waals surface area contributed by atoms with Crippen LogP contribution in [0.2, 0.25) is 0 Å². The molecule has 32 heavy (non-hydrogen) atoms. The van der Waals surface area contributed by atoms with Crippen molar-refractivity contribution in [3.8, 4) is 0 Å². The van der Waals surface area contributed by atoms with Crippen LogP contribution in [-0.2, 0) is 16.0 Å². The number of nitrogens with one attached hydrogen (secondary N) is 3. The average Bonchev–Trinajstić information content (AvgIpc) is 2.77. The fourth-order valence-electron chi connectivity index (χ4n) is 3.59. The summed E-state index contributed by atoms with van der Waals surface area (Å²) in [6.45, 7) is 5.93. The highest BCUT2D eigenvalue weighted by Gasteiger charge is 2.33. The van der Waals surface area contributed by atoms with Crippen LogP contribution < -0.4 is 16.0 Å². The van der Waals surface area contributed by atoms with Crippen LogP contribution in [0.3, 0.4) is 0 Å². The van der Waals surface area contributed by atoms with Gasteiger partial charge in [-0.2, -0.15) is 0 Å². The van der Waals surface area contributed by atoms with Gasteiger partial charge in [-0.3, -0.25) is 0 Å². The highest BCUT2D eigenvalue weighted by molar-refractivity contribution is 7.80. The first-order valence-electron chi connectivity index (χ1n) is 10.5. The lowest BCUT2D eigenvalue weighted by Gasteiger charge is -2.35. The topological polar surface area (TPSA) is 82.7 Å². The van der Waals surface area contributed by atoms with Crippen molar-refractivity contribution in [1.29, 1.82) is 0 Å². The van der Waals surface area contributed by atoms with Crippen LogP contribution in [-0.4, -0.2) is 35.7 Å². The van der Waals surface area contributed by atoms with E-state index in [-0.39, 0.29) is 12.6 Å². The molecule has 0 bridgehead atoms. The van der Waals surface area contributed by atoms with Crippen molar-refractivity contribution in [2.24, 2.45) is 0 Å². The fourth-order valence-corrected chi connectivity index (χ4v) is 3.84. The number of hydrogen-bond acceptors (Lipinski definition) is 4. The summed E-state index contributed by atoms with van der Waals surface area (Å²) in [5.74, 6) is -0.399. The number of anilines is 2. The lowest BCUT2D eigenvalue weighted by Crippen LogP contribution is -2.46. The number of aryl methyl sites for hydroxylation is 1. The van der Waals surface area contributed by atoms with Gasteiger partial charge >= 0.3 is 12.0 Å². The van der Waals surface area contributed by atoms with Gasteiger partial charge in [0.15, 0.2) is 5.11 Å². The summed E-state index contributed by atoms with van der Waals surface area (Å²) in [6.07, 6.45) is 0.815. The molecule has 8 heteroatoms. The Morgan fingerprint density at radius 2 is 1.88 bits per heavy atom. The third kappa shape index (κ3) is 5.08. The molecule has 1 aliphatic heterocycles. The number of ether oxygens (including phenoxy) is 1. The van der Waals surface area contributed by atoms with E-state index in [9.17, 15) is 9.59 Å². The summed E-state index contributed by atoms with van der Waals surface area (Å²) in [7, 11) is 1.80. The molecule has 0 saturated carbocycles. The molecule has 0 aliphatic carbocycles. The van der Waals surface area contributed by atoms with E-state index in [4.69, 9.17) is 17.0 Å². The molecule has 0 fully saturated rings. The van der Waals surface area contributed by atoms with Crippen molar-refractivity contribution < 1.29 is 14.3 Å². The molecule has 3 rings (SSSR count). The van der Waals surface area contributed by atoms with Gasteiger partial charge in [0, 0.05) is 24.1 Å². The minimum absolute atomic E-state index is 0.275. The van der Waals surface area contributed by atoms with Gasteiger partial charge < -0.3 is 25.6 Å². The number of rotatable bonds is 6. The van der Waals surface area contributed by atoms with Crippen LogP contribution in [0.5, 0.6) is 0 Å². The minimum atomic E-state index is -0.483. The normalized spacial score (nSPS) is 15.8. The second-order valence-corrected chi connectivity index (χ2v) is 7.76. The smallest absolute Gasteiger partial charge is 0.338 e. The van der Waals surface area contributed by atoms with Crippen LogP contribution in [0.25, 0.3) is 0 Å². The first-order valence-corrected chi connectivity index (χ1v) is 10.9. The van der Waals surface area contributed by atoms with E-state index < -0.39 is 12.0 Å². The minimum Gasteiger partial charge on any atom is -0.463 e. The molecule has 1 heterocycles. The van der Waals surface area contributed by atoms with E-state index in [1.807, 2.05) is 56.3 Å². The van der Waals surface area contributed by atoms with E-state index in [2.05, 4.69) is 16.0 Å². The summed E-state index contributed by atoms with van der Waals surface area (Å²) in [6, 6.07) is 14.2. The second-order valence-electron chi connectivity index (χ2n) is 7.38. The van der Waals surface area contributed by atoms with Crippen LogP contribution in [0, 0.1) is 0 Å². The third-order valence-electron chi connectivity index (χ3n) is 5.37. The number of benzene rings is 2. The number of esters is 1. The Hall–Kier alpha value is -3.39.